The summed E-state index contributed by atoms with van der Waals surface area (Å²) in [6, 6.07) is 0.994. The van der Waals surface area contributed by atoms with Crippen molar-refractivity contribution in [2.24, 2.45) is 7.05 Å². The van der Waals surface area contributed by atoms with Crippen LogP contribution >= 0.6 is 0 Å². The summed E-state index contributed by atoms with van der Waals surface area (Å²) in [6.07, 6.45) is -1.42. The number of alkyl halides is 3. The first-order chi connectivity index (χ1) is 14.0. The molecule has 0 bridgehead atoms. The van der Waals surface area contributed by atoms with Gasteiger partial charge in [-0.15, -0.1) is 0 Å². The number of pyridine rings is 1. The van der Waals surface area contributed by atoms with E-state index >= 15 is 0 Å². The molecule has 0 amide bonds. The minimum absolute atomic E-state index is 0.117. The zero-order chi connectivity index (χ0) is 21.8. The van der Waals surface area contributed by atoms with Gasteiger partial charge in [0, 0.05) is 26.3 Å². The van der Waals surface area contributed by atoms with E-state index in [1.54, 1.807) is 20.9 Å². The maximum Gasteiger partial charge on any atom is 0.416 e. The predicted molar refractivity (Wildman–Crippen MR) is 101 cm³/mol. The molecule has 0 N–H and O–H groups in total. The Balaban J connectivity index is 1.62. The Hall–Kier alpha value is -2.47. The zero-order valence-electron chi connectivity index (χ0n) is 16.7. The van der Waals surface area contributed by atoms with E-state index in [0.717, 1.165) is 6.07 Å². The normalized spacial score (nSPS) is 17.1. The SMILES string of the molecule is Cc1nn(C)c(C)c1S(=O)(=O)N1CCC(c2cn3ncnc3cc2C(F)(F)F)CC1. The van der Waals surface area contributed by atoms with E-state index in [1.807, 2.05) is 0 Å². The maximum atomic E-state index is 13.6. The van der Waals surface area contributed by atoms with Crippen LogP contribution in [0.25, 0.3) is 5.65 Å². The topological polar surface area (TPSA) is 85.4 Å². The van der Waals surface area contributed by atoms with Gasteiger partial charge in [-0.1, -0.05) is 0 Å². The molecule has 0 aliphatic carbocycles. The first-order valence-electron chi connectivity index (χ1n) is 9.41. The fourth-order valence-electron chi connectivity index (χ4n) is 4.11. The molecule has 0 spiro atoms. The molecule has 1 saturated heterocycles. The van der Waals surface area contributed by atoms with Gasteiger partial charge in [0.1, 0.15) is 11.2 Å². The van der Waals surface area contributed by atoms with E-state index in [-0.39, 0.29) is 42.0 Å². The second kappa shape index (κ2) is 7.05. The van der Waals surface area contributed by atoms with Gasteiger partial charge in [-0.05, 0) is 44.2 Å². The number of fused-ring (bicyclic) bond motifs is 1. The summed E-state index contributed by atoms with van der Waals surface area (Å²) in [5.41, 5.74) is 0.432. The Bertz CT molecular complexity index is 1210. The molecule has 0 unspecified atom stereocenters. The molecular formula is C18H21F3N6O2S. The van der Waals surface area contributed by atoms with E-state index in [4.69, 9.17) is 0 Å². The average Bonchev–Trinajstić information content (AvgIpc) is 3.23. The smallest absolute Gasteiger partial charge is 0.271 e. The number of aromatic nitrogens is 5. The molecule has 0 atom stereocenters. The summed E-state index contributed by atoms with van der Waals surface area (Å²) in [6.45, 7) is 3.58. The molecule has 1 aliphatic rings. The van der Waals surface area contributed by atoms with E-state index in [2.05, 4.69) is 15.2 Å². The number of sulfonamides is 1. The molecule has 30 heavy (non-hydrogen) atoms. The van der Waals surface area contributed by atoms with Crippen LogP contribution < -0.4 is 0 Å². The third-order valence-corrected chi connectivity index (χ3v) is 7.84. The number of hydrogen-bond acceptors (Lipinski definition) is 5. The van der Waals surface area contributed by atoms with Gasteiger partial charge in [-0.2, -0.15) is 27.7 Å². The first-order valence-corrected chi connectivity index (χ1v) is 10.8. The Morgan fingerprint density at radius 2 is 1.83 bits per heavy atom. The summed E-state index contributed by atoms with van der Waals surface area (Å²) in [5.74, 6) is -0.433. The van der Waals surface area contributed by atoms with Crippen LogP contribution in [0, 0.1) is 13.8 Å². The minimum Gasteiger partial charge on any atom is -0.271 e. The molecule has 12 heteroatoms. The third kappa shape index (κ3) is 3.37. The van der Waals surface area contributed by atoms with E-state index in [9.17, 15) is 21.6 Å². The molecule has 4 rings (SSSR count). The highest BCUT2D eigenvalue weighted by molar-refractivity contribution is 7.89. The van der Waals surface area contributed by atoms with Crippen LogP contribution in [0.15, 0.2) is 23.5 Å². The van der Waals surface area contributed by atoms with E-state index < -0.39 is 27.7 Å². The van der Waals surface area contributed by atoms with Crippen molar-refractivity contribution in [2.45, 2.75) is 43.7 Å². The molecule has 3 aromatic heterocycles. The van der Waals surface area contributed by atoms with Gasteiger partial charge in [0.05, 0.1) is 17.0 Å². The number of nitrogens with zero attached hydrogens (tertiary/aromatic N) is 6. The second-order valence-corrected chi connectivity index (χ2v) is 9.38. The van der Waals surface area contributed by atoms with Gasteiger partial charge >= 0.3 is 6.18 Å². The van der Waals surface area contributed by atoms with Gasteiger partial charge in [0.15, 0.2) is 5.65 Å². The highest BCUT2D eigenvalue weighted by Gasteiger charge is 2.39. The Morgan fingerprint density at radius 1 is 1.17 bits per heavy atom. The summed E-state index contributed by atoms with van der Waals surface area (Å²) in [7, 11) is -2.10. The van der Waals surface area contributed by atoms with Crippen molar-refractivity contribution in [3.8, 4) is 0 Å². The Morgan fingerprint density at radius 3 is 2.40 bits per heavy atom. The number of hydrogen-bond donors (Lipinski definition) is 0. The van der Waals surface area contributed by atoms with Crippen LogP contribution in [-0.4, -0.2) is 50.2 Å². The quantitative estimate of drug-likeness (QED) is 0.623. The predicted octanol–water partition coefficient (Wildman–Crippen LogP) is 2.67. The summed E-state index contributed by atoms with van der Waals surface area (Å²) < 4.78 is 71.3. The van der Waals surface area contributed by atoms with Crippen LogP contribution in [0.4, 0.5) is 13.2 Å². The summed E-state index contributed by atoms with van der Waals surface area (Å²) in [4.78, 5) is 4.00. The lowest BCUT2D eigenvalue weighted by Gasteiger charge is -2.32. The zero-order valence-corrected chi connectivity index (χ0v) is 17.5. The monoisotopic (exact) mass is 442 g/mol. The van der Waals surface area contributed by atoms with Gasteiger partial charge in [-0.25, -0.2) is 17.9 Å². The van der Waals surface area contributed by atoms with Crippen molar-refractivity contribution >= 4 is 15.7 Å². The van der Waals surface area contributed by atoms with Crippen molar-refractivity contribution in [3.63, 3.8) is 0 Å². The Labute approximate surface area is 171 Å². The van der Waals surface area contributed by atoms with E-state index in [0.29, 0.717) is 11.4 Å². The van der Waals surface area contributed by atoms with Gasteiger partial charge in [0.25, 0.3) is 0 Å². The summed E-state index contributed by atoms with van der Waals surface area (Å²) >= 11 is 0. The van der Waals surface area contributed by atoms with Crippen molar-refractivity contribution < 1.29 is 21.6 Å². The van der Waals surface area contributed by atoms with Crippen LogP contribution in [0.3, 0.4) is 0 Å². The molecule has 0 saturated carbocycles. The maximum absolute atomic E-state index is 13.6. The van der Waals surface area contributed by atoms with Crippen LogP contribution in [0.1, 0.15) is 41.3 Å². The van der Waals surface area contributed by atoms with Crippen molar-refractivity contribution in [1.29, 1.82) is 0 Å². The number of piperidine rings is 1. The van der Waals surface area contributed by atoms with Crippen molar-refractivity contribution in [2.75, 3.05) is 13.1 Å². The first kappa shape index (κ1) is 20.8. The molecule has 162 valence electrons. The van der Waals surface area contributed by atoms with Crippen molar-refractivity contribution in [3.05, 3.63) is 41.1 Å². The Kier molecular flexibility index (Phi) is 4.88. The molecule has 1 fully saturated rings. The lowest BCUT2D eigenvalue weighted by Crippen LogP contribution is -2.38. The highest BCUT2D eigenvalue weighted by atomic mass is 32.2. The number of rotatable bonds is 3. The fraction of sp³-hybridized carbons (Fsp3) is 0.500. The van der Waals surface area contributed by atoms with Crippen LogP contribution in [0.5, 0.6) is 0 Å². The van der Waals surface area contributed by atoms with Crippen molar-refractivity contribution in [1.82, 2.24) is 28.7 Å². The molecule has 0 aromatic carbocycles. The summed E-state index contributed by atoms with van der Waals surface area (Å²) in [5, 5.41) is 8.10. The third-order valence-electron chi connectivity index (χ3n) is 5.69. The lowest BCUT2D eigenvalue weighted by molar-refractivity contribution is -0.138. The molecule has 3 aromatic rings. The van der Waals surface area contributed by atoms with Crippen LogP contribution in [0.2, 0.25) is 0 Å². The molecule has 0 radical (unpaired) electrons. The van der Waals surface area contributed by atoms with Gasteiger partial charge in [-0.3, -0.25) is 4.68 Å². The minimum atomic E-state index is -4.53. The lowest BCUT2D eigenvalue weighted by atomic mass is 9.88. The molecule has 4 heterocycles. The molecule has 1 aliphatic heterocycles. The average molecular weight is 442 g/mol. The fourth-order valence-corrected chi connectivity index (χ4v) is 5.98. The highest BCUT2D eigenvalue weighted by Crippen LogP contribution is 2.40. The largest absolute Gasteiger partial charge is 0.416 e. The number of halogens is 3. The molecule has 8 nitrogen and oxygen atoms in total. The number of aryl methyl sites for hydroxylation is 2. The second-order valence-electron chi connectivity index (χ2n) is 7.50. The standard InChI is InChI=1S/C18H21F3N6O2S/c1-11-17(12(2)25(3)24-11)30(28,29)26-6-4-13(5-7-26)14-9-27-16(22-10-23-27)8-15(14)18(19,20)21/h8-10,13H,4-7H2,1-3H3. The van der Waals surface area contributed by atoms with Crippen LogP contribution in [-0.2, 0) is 23.2 Å². The van der Waals surface area contributed by atoms with Gasteiger partial charge < -0.3 is 0 Å². The molecular weight excluding hydrogens is 421 g/mol. The van der Waals surface area contributed by atoms with E-state index in [1.165, 1.54) is 26.0 Å². The van der Waals surface area contributed by atoms with Gasteiger partial charge in [0.2, 0.25) is 10.0 Å².